The van der Waals surface area contributed by atoms with E-state index in [4.69, 9.17) is 24.3 Å². The van der Waals surface area contributed by atoms with E-state index in [9.17, 15) is 19.4 Å². The molecule has 9 nitrogen and oxygen atoms in total. The molecule has 0 bridgehead atoms. The van der Waals surface area contributed by atoms with Crippen molar-refractivity contribution in [2.45, 2.75) is 193 Å². The van der Waals surface area contributed by atoms with Crippen LogP contribution in [0.4, 0.5) is 0 Å². The molecular weight excluding hydrogens is 689 g/mol. The molecule has 0 radical (unpaired) electrons. The molecule has 0 aliphatic carbocycles. The number of allylic oxidation sites excluding steroid dienone is 6. The Bertz CT molecular complexity index is 970. The van der Waals surface area contributed by atoms with Gasteiger partial charge in [-0.15, -0.1) is 0 Å². The number of hydrogen-bond donors (Lipinski definition) is 3. The van der Waals surface area contributed by atoms with Crippen molar-refractivity contribution in [2.75, 3.05) is 26.4 Å². The van der Waals surface area contributed by atoms with Gasteiger partial charge in [-0.1, -0.05) is 166 Å². The van der Waals surface area contributed by atoms with E-state index in [1.165, 1.54) is 122 Å². The number of carbonyl (C=O) groups excluding carboxylic acids is 1. The maximum absolute atomic E-state index is 12.6. The largest absolute Gasteiger partial charge is 0.498 e. The summed E-state index contributed by atoms with van der Waals surface area (Å²) in [6, 6.07) is 0. The zero-order valence-electron chi connectivity index (χ0n) is 33.9. The van der Waals surface area contributed by atoms with Gasteiger partial charge in [0.05, 0.1) is 25.6 Å². The lowest BCUT2D eigenvalue weighted by atomic mass is 10.0. The minimum atomic E-state index is -4.34. The summed E-state index contributed by atoms with van der Waals surface area (Å²) in [7, 11) is -4.34. The first-order chi connectivity index (χ1) is 25.8. The first kappa shape index (κ1) is 51.3. The van der Waals surface area contributed by atoms with Gasteiger partial charge < -0.3 is 25.2 Å². The fraction of sp³-hybridized carbons (Fsp3) is 0.791. The molecule has 0 aliphatic rings. The van der Waals surface area contributed by atoms with Gasteiger partial charge in [0.2, 0.25) is 0 Å². The topological polar surface area (TPSA) is 138 Å². The van der Waals surface area contributed by atoms with Gasteiger partial charge in [-0.3, -0.25) is 13.8 Å². The maximum Gasteiger partial charge on any atom is 0.472 e. The summed E-state index contributed by atoms with van der Waals surface area (Å²) < 4.78 is 33.0. The van der Waals surface area contributed by atoms with E-state index in [0.717, 1.165) is 25.7 Å². The number of aliphatic hydroxyl groups excluding tert-OH is 1. The molecule has 2 unspecified atom stereocenters. The second-order valence-electron chi connectivity index (χ2n) is 14.1. The third-order valence-electron chi connectivity index (χ3n) is 8.92. The zero-order valence-corrected chi connectivity index (χ0v) is 34.7. The van der Waals surface area contributed by atoms with Crippen LogP contribution in [0, 0.1) is 0 Å². The van der Waals surface area contributed by atoms with Crippen LogP contribution in [0.15, 0.2) is 48.8 Å². The Hall–Kier alpha value is -1.74. The lowest BCUT2D eigenvalue weighted by Crippen LogP contribution is -2.28. The number of phosphoric ester groups is 1. The Balaban J connectivity index is 4.29. The number of carbonyl (C=O) groups is 1. The molecule has 10 heteroatoms. The zero-order chi connectivity index (χ0) is 38.9. The van der Waals surface area contributed by atoms with Crippen LogP contribution < -0.4 is 5.73 Å². The van der Waals surface area contributed by atoms with Gasteiger partial charge in [0.25, 0.3) is 0 Å². The molecular formula is C43H80NO8P. The van der Waals surface area contributed by atoms with Gasteiger partial charge >= 0.3 is 13.8 Å². The monoisotopic (exact) mass is 770 g/mol. The number of nitrogens with two attached hydrogens (primary N) is 1. The van der Waals surface area contributed by atoms with E-state index in [2.05, 4.69) is 26.0 Å². The highest BCUT2D eigenvalue weighted by Gasteiger charge is 2.25. The number of rotatable bonds is 40. The van der Waals surface area contributed by atoms with Gasteiger partial charge in [0, 0.05) is 13.0 Å². The van der Waals surface area contributed by atoms with Crippen LogP contribution in [0.1, 0.15) is 181 Å². The van der Waals surface area contributed by atoms with Crippen molar-refractivity contribution >= 4 is 13.8 Å². The molecule has 3 atom stereocenters. The normalized spacial score (nSPS) is 14.5. The SMILES string of the molecule is CCCCCCCC/C=C/C/C=C/C=C/C(O)CCCC(=O)O[C@H](CO/C=C/CCCCCCCCCCCCCCCC)COP(=O)(O)OCCN. The third-order valence-corrected chi connectivity index (χ3v) is 9.90. The smallest absolute Gasteiger partial charge is 0.472 e. The number of hydrogen-bond acceptors (Lipinski definition) is 8. The number of aliphatic hydroxyl groups is 1. The molecule has 0 saturated heterocycles. The Labute approximate surface area is 324 Å². The predicted molar refractivity (Wildman–Crippen MR) is 221 cm³/mol. The average molecular weight is 770 g/mol. The Morgan fingerprint density at radius 2 is 1.23 bits per heavy atom. The standard InChI is InChI=1S/C43H80NO8P/c1-3-5-7-9-11-13-15-17-18-19-21-23-25-27-29-31-37-49-39-42(40-51-53(47,48)50-38-36-44)52-43(46)35-32-34-41(45)33-30-28-26-24-22-20-16-14-12-10-8-6-4-2/h20,22,26,28,30-31,33,37,41-42,45H,3-19,21,23-25,27,29,32,34-36,38-40,44H2,1-2H3,(H,47,48)/b22-20+,28-26+,33-30+,37-31+/t41?,42-/m1/s1. The second kappa shape index (κ2) is 39.9. The van der Waals surface area contributed by atoms with Crippen LogP contribution in [0.2, 0.25) is 0 Å². The van der Waals surface area contributed by atoms with Crippen LogP contribution >= 0.6 is 7.82 Å². The Kier molecular flexibility index (Phi) is 38.6. The Morgan fingerprint density at radius 3 is 1.79 bits per heavy atom. The van der Waals surface area contributed by atoms with Crippen LogP contribution in [0.25, 0.3) is 0 Å². The lowest BCUT2D eigenvalue weighted by molar-refractivity contribution is -0.153. The highest BCUT2D eigenvalue weighted by atomic mass is 31.2. The number of unbranched alkanes of at least 4 members (excludes halogenated alkanes) is 20. The summed E-state index contributed by atoms with van der Waals surface area (Å²) in [4.78, 5) is 22.4. The van der Waals surface area contributed by atoms with Crippen molar-refractivity contribution in [3.05, 3.63) is 48.8 Å². The summed E-state index contributed by atoms with van der Waals surface area (Å²) in [5.41, 5.74) is 5.35. The van der Waals surface area contributed by atoms with Gasteiger partial charge in [0.15, 0.2) is 6.10 Å². The van der Waals surface area contributed by atoms with Crippen molar-refractivity contribution in [2.24, 2.45) is 5.73 Å². The van der Waals surface area contributed by atoms with Crippen molar-refractivity contribution in [1.29, 1.82) is 0 Å². The van der Waals surface area contributed by atoms with E-state index in [-0.39, 0.29) is 32.8 Å². The van der Waals surface area contributed by atoms with E-state index in [0.29, 0.717) is 12.8 Å². The van der Waals surface area contributed by atoms with E-state index < -0.39 is 26.0 Å². The highest BCUT2D eigenvalue weighted by Crippen LogP contribution is 2.43. The van der Waals surface area contributed by atoms with Gasteiger partial charge in [0.1, 0.15) is 6.61 Å². The summed E-state index contributed by atoms with van der Waals surface area (Å²) in [5, 5.41) is 10.3. The highest BCUT2D eigenvalue weighted by molar-refractivity contribution is 7.47. The second-order valence-corrected chi connectivity index (χ2v) is 15.6. The van der Waals surface area contributed by atoms with Crippen LogP contribution in [-0.4, -0.2) is 54.5 Å². The summed E-state index contributed by atoms with van der Waals surface area (Å²) in [5.74, 6) is -0.506. The van der Waals surface area contributed by atoms with Gasteiger partial charge in [-0.05, 0) is 51.0 Å². The molecule has 310 valence electrons. The molecule has 0 saturated carbocycles. The van der Waals surface area contributed by atoms with Crippen LogP contribution in [0.3, 0.4) is 0 Å². The van der Waals surface area contributed by atoms with Gasteiger partial charge in [-0.2, -0.15) is 0 Å². The molecule has 4 N–H and O–H groups in total. The quantitative estimate of drug-likeness (QED) is 0.0139. The van der Waals surface area contributed by atoms with Crippen LogP contribution in [-0.2, 0) is 27.9 Å². The molecule has 0 aliphatic heterocycles. The minimum absolute atomic E-state index is 0.0379. The predicted octanol–water partition coefficient (Wildman–Crippen LogP) is 11.7. The van der Waals surface area contributed by atoms with Crippen molar-refractivity contribution in [1.82, 2.24) is 0 Å². The fourth-order valence-corrected chi connectivity index (χ4v) is 6.50. The molecule has 0 heterocycles. The van der Waals surface area contributed by atoms with Gasteiger partial charge in [-0.25, -0.2) is 4.57 Å². The van der Waals surface area contributed by atoms with E-state index in [1.54, 1.807) is 12.3 Å². The maximum atomic E-state index is 12.6. The number of ether oxygens (including phenoxy) is 2. The first-order valence-electron chi connectivity index (χ1n) is 21.3. The average Bonchev–Trinajstić information content (AvgIpc) is 3.14. The summed E-state index contributed by atoms with van der Waals surface area (Å²) >= 11 is 0. The molecule has 0 amide bonds. The molecule has 0 aromatic rings. The van der Waals surface area contributed by atoms with E-state index >= 15 is 0 Å². The van der Waals surface area contributed by atoms with E-state index in [1.807, 2.05) is 24.3 Å². The Morgan fingerprint density at radius 1 is 0.679 bits per heavy atom. The molecule has 0 fully saturated rings. The molecule has 0 rings (SSSR count). The fourth-order valence-electron chi connectivity index (χ4n) is 5.74. The number of esters is 1. The van der Waals surface area contributed by atoms with Crippen molar-refractivity contribution in [3.63, 3.8) is 0 Å². The minimum Gasteiger partial charge on any atom is -0.498 e. The summed E-state index contributed by atoms with van der Waals surface area (Å²) in [6.07, 6.45) is 43.9. The third kappa shape index (κ3) is 39.8. The van der Waals surface area contributed by atoms with Crippen molar-refractivity contribution < 1.29 is 37.9 Å². The molecule has 0 spiro atoms. The lowest BCUT2D eigenvalue weighted by Gasteiger charge is -2.19. The molecule has 53 heavy (non-hydrogen) atoms. The molecule has 0 aromatic carbocycles. The number of phosphoric acid groups is 1. The van der Waals surface area contributed by atoms with Crippen molar-refractivity contribution in [3.8, 4) is 0 Å². The van der Waals surface area contributed by atoms with Crippen LogP contribution in [0.5, 0.6) is 0 Å². The molecule has 0 aromatic heterocycles. The summed E-state index contributed by atoms with van der Waals surface area (Å²) in [6.45, 7) is 4.01. The first-order valence-corrected chi connectivity index (χ1v) is 22.8.